The lowest BCUT2D eigenvalue weighted by atomic mass is 10.2. The van der Waals surface area contributed by atoms with Crippen LogP contribution in [0.5, 0.6) is 5.75 Å². The van der Waals surface area contributed by atoms with Crippen LogP contribution in [0.1, 0.15) is 5.56 Å². The fourth-order valence-electron chi connectivity index (χ4n) is 2.13. The molecule has 0 saturated carbocycles. The lowest BCUT2D eigenvalue weighted by Crippen LogP contribution is -2.23. The van der Waals surface area contributed by atoms with Crippen LogP contribution in [-0.2, 0) is 6.54 Å². The van der Waals surface area contributed by atoms with Crippen LogP contribution in [0, 0.1) is 0 Å². The molecule has 2 aromatic heterocycles. The van der Waals surface area contributed by atoms with E-state index in [0.29, 0.717) is 17.4 Å². The highest BCUT2D eigenvalue weighted by molar-refractivity contribution is 7.13. The van der Waals surface area contributed by atoms with E-state index in [1.165, 1.54) is 11.3 Å². The molecule has 0 saturated heterocycles. The maximum Gasteiger partial charge on any atom is 0.278 e. The summed E-state index contributed by atoms with van der Waals surface area (Å²) in [5.41, 5.74) is 1.22. The first kappa shape index (κ1) is 14.8. The van der Waals surface area contributed by atoms with Crippen molar-refractivity contribution < 1.29 is 4.74 Å². The first-order chi connectivity index (χ1) is 10.7. The summed E-state index contributed by atoms with van der Waals surface area (Å²) in [6.07, 6.45) is 1.56. The number of thiophene rings is 1. The van der Waals surface area contributed by atoms with Crippen LogP contribution >= 0.6 is 22.9 Å². The van der Waals surface area contributed by atoms with Crippen molar-refractivity contribution in [3.8, 4) is 16.3 Å². The van der Waals surface area contributed by atoms with Gasteiger partial charge >= 0.3 is 0 Å². The first-order valence-electron chi connectivity index (χ1n) is 6.61. The van der Waals surface area contributed by atoms with E-state index in [4.69, 9.17) is 16.3 Å². The number of ether oxygens (including phenoxy) is 1. The van der Waals surface area contributed by atoms with E-state index in [2.05, 4.69) is 4.98 Å². The van der Waals surface area contributed by atoms with Gasteiger partial charge in [-0.15, -0.1) is 11.3 Å². The number of hydrogen-bond donors (Lipinski definition) is 0. The summed E-state index contributed by atoms with van der Waals surface area (Å²) in [5.74, 6) is 0.781. The number of halogens is 1. The third-order valence-corrected chi connectivity index (χ3v) is 4.27. The molecule has 0 amide bonds. The van der Waals surface area contributed by atoms with Crippen molar-refractivity contribution in [2.75, 3.05) is 7.11 Å². The molecule has 6 heteroatoms. The molecule has 0 N–H and O–H groups in total. The maximum absolute atomic E-state index is 12.6. The lowest BCUT2D eigenvalue weighted by Gasteiger charge is -2.09. The van der Waals surface area contributed by atoms with Gasteiger partial charge < -0.3 is 9.30 Å². The Bertz CT molecular complexity index is 826. The monoisotopic (exact) mass is 332 g/mol. The molecule has 0 aliphatic carbocycles. The fraction of sp³-hybridized carbons (Fsp3) is 0.125. The van der Waals surface area contributed by atoms with Crippen molar-refractivity contribution >= 4 is 22.9 Å². The molecule has 0 spiro atoms. The van der Waals surface area contributed by atoms with Crippen LogP contribution < -0.4 is 10.3 Å². The van der Waals surface area contributed by atoms with E-state index in [0.717, 1.165) is 16.2 Å². The summed E-state index contributed by atoms with van der Waals surface area (Å²) in [6, 6.07) is 11.3. The van der Waals surface area contributed by atoms with Gasteiger partial charge in [0.25, 0.3) is 5.56 Å². The number of aromatic nitrogens is 2. The zero-order valence-electron chi connectivity index (χ0n) is 11.8. The molecule has 0 aliphatic rings. The van der Waals surface area contributed by atoms with Gasteiger partial charge in [0, 0.05) is 6.20 Å². The minimum Gasteiger partial charge on any atom is -0.497 e. The second kappa shape index (κ2) is 6.34. The summed E-state index contributed by atoms with van der Waals surface area (Å²) >= 11 is 7.53. The molecular weight excluding hydrogens is 320 g/mol. The van der Waals surface area contributed by atoms with Crippen molar-refractivity contribution in [2.24, 2.45) is 0 Å². The zero-order valence-corrected chi connectivity index (χ0v) is 13.4. The predicted octanol–water partition coefficient (Wildman–Crippen LogP) is 3.68. The Morgan fingerprint density at radius 2 is 2.05 bits per heavy atom. The second-order valence-electron chi connectivity index (χ2n) is 4.67. The lowest BCUT2D eigenvalue weighted by molar-refractivity contribution is 0.414. The van der Waals surface area contributed by atoms with Crippen LogP contribution in [0.25, 0.3) is 10.6 Å². The Hall–Kier alpha value is -2.11. The number of methoxy groups -OCH3 is 1. The Morgan fingerprint density at radius 3 is 2.68 bits per heavy atom. The Morgan fingerprint density at radius 1 is 1.27 bits per heavy atom. The second-order valence-corrected chi connectivity index (χ2v) is 6.01. The standard InChI is InChI=1S/C16H13ClN2O2S/c1-21-12-6-4-11(5-7-12)9-19-10-14(17)18-15(16(19)20)13-3-2-8-22-13/h2-8,10H,9H2,1H3. The van der Waals surface area contributed by atoms with Gasteiger partial charge in [0.2, 0.25) is 0 Å². The van der Waals surface area contributed by atoms with Gasteiger partial charge in [0.1, 0.15) is 16.6 Å². The van der Waals surface area contributed by atoms with Crippen molar-refractivity contribution in [3.05, 3.63) is 69.0 Å². The molecule has 0 radical (unpaired) electrons. The molecule has 2 heterocycles. The van der Waals surface area contributed by atoms with Gasteiger partial charge in [-0.25, -0.2) is 4.98 Å². The van der Waals surface area contributed by atoms with Gasteiger partial charge in [0.15, 0.2) is 0 Å². The highest BCUT2D eigenvalue weighted by Crippen LogP contribution is 2.21. The highest BCUT2D eigenvalue weighted by atomic mass is 35.5. The molecule has 22 heavy (non-hydrogen) atoms. The molecular formula is C16H13ClN2O2S. The number of nitrogens with zero attached hydrogens (tertiary/aromatic N) is 2. The molecule has 0 atom stereocenters. The molecule has 0 fully saturated rings. The van der Waals surface area contributed by atoms with Crippen LogP contribution in [-0.4, -0.2) is 16.7 Å². The minimum absolute atomic E-state index is 0.150. The van der Waals surface area contributed by atoms with Gasteiger partial charge in [-0.1, -0.05) is 29.8 Å². The molecule has 0 bridgehead atoms. The Labute approximate surface area is 136 Å². The van der Waals surface area contributed by atoms with Gasteiger partial charge in [-0.05, 0) is 29.1 Å². The molecule has 0 unspecified atom stereocenters. The van der Waals surface area contributed by atoms with E-state index in [9.17, 15) is 4.79 Å². The van der Waals surface area contributed by atoms with E-state index in [1.807, 2.05) is 41.8 Å². The molecule has 3 rings (SSSR count). The van der Waals surface area contributed by atoms with E-state index < -0.39 is 0 Å². The summed E-state index contributed by atoms with van der Waals surface area (Å²) in [7, 11) is 1.62. The summed E-state index contributed by atoms with van der Waals surface area (Å²) < 4.78 is 6.71. The third-order valence-electron chi connectivity index (χ3n) is 3.21. The number of benzene rings is 1. The fourth-order valence-corrected chi connectivity index (χ4v) is 3.03. The van der Waals surface area contributed by atoms with Crippen molar-refractivity contribution in [3.63, 3.8) is 0 Å². The largest absolute Gasteiger partial charge is 0.497 e. The number of rotatable bonds is 4. The number of hydrogen-bond acceptors (Lipinski definition) is 4. The van der Waals surface area contributed by atoms with Crippen LogP contribution in [0.15, 0.2) is 52.8 Å². The average molecular weight is 333 g/mol. The van der Waals surface area contributed by atoms with Crippen LogP contribution in [0.4, 0.5) is 0 Å². The Balaban J connectivity index is 1.98. The first-order valence-corrected chi connectivity index (χ1v) is 7.87. The quantitative estimate of drug-likeness (QED) is 0.732. The summed E-state index contributed by atoms with van der Waals surface area (Å²) in [4.78, 5) is 17.6. The van der Waals surface area contributed by atoms with E-state index in [1.54, 1.807) is 17.9 Å². The molecule has 1 aromatic carbocycles. The molecule has 4 nitrogen and oxygen atoms in total. The SMILES string of the molecule is COc1ccc(Cn2cc(Cl)nc(-c3cccs3)c2=O)cc1. The van der Waals surface area contributed by atoms with Gasteiger partial charge in [0.05, 0.1) is 18.5 Å². The highest BCUT2D eigenvalue weighted by Gasteiger charge is 2.11. The molecule has 0 aliphatic heterocycles. The topological polar surface area (TPSA) is 44.1 Å². The summed E-state index contributed by atoms with van der Waals surface area (Å²) in [6.45, 7) is 0.434. The Kier molecular flexibility index (Phi) is 4.27. The van der Waals surface area contributed by atoms with Crippen molar-refractivity contribution in [1.29, 1.82) is 0 Å². The van der Waals surface area contributed by atoms with Crippen molar-refractivity contribution in [2.45, 2.75) is 6.54 Å². The predicted molar refractivity (Wildman–Crippen MR) is 88.9 cm³/mol. The van der Waals surface area contributed by atoms with E-state index in [-0.39, 0.29) is 5.56 Å². The van der Waals surface area contributed by atoms with Crippen LogP contribution in [0.3, 0.4) is 0 Å². The maximum atomic E-state index is 12.6. The van der Waals surface area contributed by atoms with Crippen LogP contribution in [0.2, 0.25) is 5.15 Å². The van der Waals surface area contributed by atoms with Gasteiger partial charge in [-0.2, -0.15) is 0 Å². The smallest absolute Gasteiger partial charge is 0.278 e. The third kappa shape index (κ3) is 3.05. The minimum atomic E-state index is -0.150. The zero-order chi connectivity index (χ0) is 15.5. The van der Waals surface area contributed by atoms with Gasteiger partial charge in [-0.3, -0.25) is 4.79 Å². The molecule has 3 aromatic rings. The van der Waals surface area contributed by atoms with E-state index >= 15 is 0 Å². The molecule has 112 valence electrons. The van der Waals surface area contributed by atoms with Crippen molar-refractivity contribution in [1.82, 2.24) is 9.55 Å². The normalized spacial score (nSPS) is 10.6. The summed E-state index contributed by atoms with van der Waals surface area (Å²) in [5, 5.41) is 2.21. The average Bonchev–Trinajstić information content (AvgIpc) is 3.05.